The van der Waals surface area contributed by atoms with Gasteiger partial charge in [-0.3, -0.25) is 0 Å². The zero-order valence-corrected chi connectivity index (χ0v) is 63.5. The number of hydrogen-bond acceptors (Lipinski definition) is 0. The van der Waals surface area contributed by atoms with Crippen molar-refractivity contribution < 1.29 is 0 Å². The molecule has 3 unspecified atom stereocenters. The number of rotatable bonds is 10. The van der Waals surface area contributed by atoms with Gasteiger partial charge in [-0.05, 0) is 192 Å². The smallest absolute Gasteiger partial charge is 0.0129 e. The molecule has 0 heterocycles. The average molecular weight is 1190 g/mol. The van der Waals surface area contributed by atoms with E-state index in [-0.39, 0.29) is 16.2 Å². The van der Waals surface area contributed by atoms with E-state index in [1.807, 2.05) is 0 Å². The van der Waals surface area contributed by atoms with Gasteiger partial charge in [0.25, 0.3) is 0 Å². The maximum atomic E-state index is 2.45. The molecule has 2 aromatic carbocycles. The Hall–Kier alpha value is -1.56. The summed E-state index contributed by atoms with van der Waals surface area (Å²) >= 11 is 0. The molecular weight excluding hydrogens is 1030 g/mol. The van der Waals surface area contributed by atoms with Crippen LogP contribution in [-0.2, 0) is 29.1 Å². The van der Waals surface area contributed by atoms with E-state index in [2.05, 4.69) is 190 Å². The van der Waals surface area contributed by atoms with Crippen LogP contribution in [0.4, 0.5) is 0 Å². The van der Waals surface area contributed by atoms with Crippen LogP contribution in [0.2, 0.25) is 0 Å². The van der Waals surface area contributed by atoms with E-state index in [0.717, 1.165) is 83.9 Å². The van der Waals surface area contributed by atoms with Crippen LogP contribution in [-0.4, -0.2) is 0 Å². The van der Waals surface area contributed by atoms with E-state index in [1.54, 1.807) is 31.2 Å². The normalized spacial score (nSPS) is 25.9. The van der Waals surface area contributed by atoms with Crippen molar-refractivity contribution in [3.63, 3.8) is 0 Å². The molecule has 0 spiro atoms. The fourth-order valence-corrected chi connectivity index (χ4v) is 16.7. The number of hydrogen-bond donors (Lipinski definition) is 0. The third-order valence-corrected chi connectivity index (χ3v) is 23.0. The van der Waals surface area contributed by atoms with Crippen LogP contribution in [0.5, 0.6) is 0 Å². The van der Waals surface area contributed by atoms with Gasteiger partial charge in [0.1, 0.15) is 0 Å². The highest BCUT2D eigenvalue weighted by Crippen LogP contribution is 2.49. The van der Waals surface area contributed by atoms with Crippen molar-refractivity contribution in [1.82, 2.24) is 0 Å². The highest BCUT2D eigenvalue weighted by Gasteiger charge is 2.38. The predicted octanol–water partition coefficient (Wildman–Crippen LogP) is 28.8. The highest BCUT2D eigenvalue weighted by molar-refractivity contribution is 5.47. The molecule has 0 heteroatoms. The van der Waals surface area contributed by atoms with Crippen LogP contribution < -0.4 is 0 Å². The molecule has 7 fully saturated rings. The summed E-state index contributed by atoms with van der Waals surface area (Å²) in [7, 11) is 0. The lowest BCUT2D eigenvalue weighted by molar-refractivity contribution is 0.234. The Bertz CT molecular complexity index is 1910. The summed E-state index contributed by atoms with van der Waals surface area (Å²) < 4.78 is 0. The maximum Gasteiger partial charge on any atom is -0.0129 e. The van der Waals surface area contributed by atoms with Crippen molar-refractivity contribution in [2.75, 3.05) is 0 Å². The van der Waals surface area contributed by atoms with E-state index < -0.39 is 0 Å². The first-order valence-corrected chi connectivity index (χ1v) is 38.8. The van der Waals surface area contributed by atoms with Gasteiger partial charge >= 0.3 is 0 Å². The molecule has 0 amide bonds. The Morgan fingerprint density at radius 1 is 0.395 bits per heavy atom. The SMILES string of the molecule is CC1CCC(C(C)C)CC1.CCC1CC2CCC1C2.CCC1CCC(C)CC1.CCC1CCCCC1.CCCC1CCC(C)CC1.CCCC1CCCCC1.CCc1c(C(C)(C)C)cc(C(C)(C)C)cc1C(C)(C)C.CCc1c(C)cc(C)cc1C. The van der Waals surface area contributed by atoms with E-state index >= 15 is 0 Å². The summed E-state index contributed by atoms with van der Waals surface area (Å²) in [6.45, 7) is 55.5. The number of benzene rings is 2. The molecule has 0 aliphatic heterocycles. The maximum absolute atomic E-state index is 2.45. The van der Waals surface area contributed by atoms with Crippen LogP contribution >= 0.6 is 0 Å². The molecular formula is C86H158. The molecule has 0 aromatic heterocycles. The fraction of sp³-hybridized carbons (Fsp3) is 0.860. The van der Waals surface area contributed by atoms with Crippen molar-refractivity contribution in [3.8, 4) is 0 Å². The standard InChI is InChI=1S/C20H34.C11H16.2C10H20.C9H16.2C9H18.C8H16/c1-11-15-16(19(5,6)7)12-14(18(2,3)4)13-17(15)20(8,9)10;1-5-11-9(3)6-8(2)7-10(11)4;1-8(2)10-6-4-9(3)5-7-10;1-3-4-10-7-5-9(2)6-8-10;1-2-8-5-7-3-4-9(8)6-7;1-3-9-6-4-8(2)5-7-9;1-2-6-9-7-4-3-5-8-9;1-2-8-6-4-3-5-7-8/h12-13H,11H2,1-10H3;6-7H,5H2,1-4H3;8-10H,4-7H2,1-3H3;9-10H,3-8H2,1-2H3;7-9H,2-6H2,1H3;8-9H,3-7H2,1-2H3;9H,2-8H2,1H3;8H,2-7H2,1H3. The van der Waals surface area contributed by atoms with Gasteiger partial charge in [-0.1, -0.05) is 355 Å². The molecule has 0 radical (unpaired) electrons. The van der Waals surface area contributed by atoms with Crippen molar-refractivity contribution in [1.29, 1.82) is 0 Å². The van der Waals surface area contributed by atoms with E-state index in [1.165, 1.54) is 225 Å². The summed E-state index contributed by atoms with van der Waals surface area (Å²) in [4.78, 5) is 0. The largest absolute Gasteiger partial charge is 0.0654 e. The minimum absolute atomic E-state index is 0.201. The molecule has 0 saturated heterocycles. The summed E-state index contributed by atoms with van der Waals surface area (Å²) in [6, 6.07) is 9.42. The van der Waals surface area contributed by atoms with Gasteiger partial charge < -0.3 is 0 Å². The average Bonchev–Trinajstić information content (AvgIpc) is 2.43. The Morgan fingerprint density at radius 3 is 1.08 bits per heavy atom. The second kappa shape index (κ2) is 42.6. The van der Waals surface area contributed by atoms with Gasteiger partial charge in [-0.25, -0.2) is 0 Å². The lowest BCUT2D eigenvalue weighted by Crippen LogP contribution is -2.24. The highest BCUT2D eigenvalue weighted by atomic mass is 14.4. The Morgan fingerprint density at radius 2 is 0.779 bits per heavy atom. The zero-order valence-electron chi connectivity index (χ0n) is 63.5. The van der Waals surface area contributed by atoms with Gasteiger partial charge in [0.15, 0.2) is 0 Å². The lowest BCUT2D eigenvalue weighted by Gasteiger charge is -2.33. The van der Waals surface area contributed by atoms with E-state index in [4.69, 9.17) is 0 Å². The third kappa shape index (κ3) is 31.6. The summed E-state index contributed by atoms with van der Waals surface area (Å²) in [5.41, 5.74) is 12.4. The van der Waals surface area contributed by atoms with Gasteiger partial charge in [0.05, 0.1) is 0 Å². The summed E-state index contributed by atoms with van der Waals surface area (Å²) in [6.07, 6.45) is 51.5. The zero-order chi connectivity index (χ0) is 64.6. The molecule has 0 N–H and O–H groups in total. The van der Waals surface area contributed by atoms with E-state index in [0.29, 0.717) is 0 Å². The predicted molar refractivity (Wildman–Crippen MR) is 393 cm³/mol. The Labute approximate surface area is 543 Å². The van der Waals surface area contributed by atoms with Gasteiger partial charge in [-0.2, -0.15) is 0 Å². The lowest BCUT2D eigenvalue weighted by atomic mass is 9.72. The summed E-state index contributed by atoms with van der Waals surface area (Å²) in [5, 5.41) is 0. The van der Waals surface area contributed by atoms with E-state index in [9.17, 15) is 0 Å². The second-order valence-corrected chi connectivity index (χ2v) is 34.1. The molecule has 7 aliphatic rings. The van der Waals surface area contributed by atoms with Crippen LogP contribution in [0.3, 0.4) is 0 Å². The first-order valence-electron chi connectivity index (χ1n) is 38.8. The first kappa shape index (κ1) is 80.5. The molecule has 86 heavy (non-hydrogen) atoms. The Kier molecular flexibility index (Phi) is 39.8. The van der Waals surface area contributed by atoms with Gasteiger partial charge in [0.2, 0.25) is 0 Å². The van der Waals surface area contributed by atoms with Crippen molar-refractivity contribution in [2.24, 2.45) is 71.0 Å². The second-order valence-electron chi connectivity index (χ2n) is 34.1. The topological polar surface area (TPSA) is 0 Å². The van der Waals surface area contributed by atoms with Gasteiger partial charge in [0, 0.05) is 0 Å². The van der Waals surface area contributed by atoms with Crippen LogP contribution in [0.1, 0.15) is 402 Å². The van der Waals surface area contributed by atoms with Crippen LogP contribution in [0.15, 0.2) is 24.3 Å². The number of fused-ring (bicyclic) bond motifs is 2. The van der Waals surface area contributed by atoms with Crippen LogP contribution in [0.25, 0.3) is 0 Å². The summed E-state index contributed by atoms with van der Waals surface area (Å²) in [5.74, 6) is 12.8. The quantitative estimate of drug-likeness (QED) is 0.222. The molecule has 0 nitrogen and oxygen atoms in total. The third-order valence-electron chi connectivity index (χ3n) is 23.0. The molecule has 9 rings (SSSR count). The minimum Gasteiger partial charge on any atom is -0.0654 e. The molecule has 3 atom stereocenters. The molecule has 2 bridgehead atoms. The minimum atomic E-state index is 0.201. The number of aryl methyl sites for hydroxylation is 3. The molecule has 7 aliphatic carbocycles. The fourth-order valence-electron chi connectivity index (χ4n) is 16.7. The van der Waals surface area contributed by atoms with Gasteiger partial charge in [-0.15, -0.1) is 0 Å². The monoisotopic (exact) mass is 1190 g/mol. The van der Waals surface area contributed by atoms with Crippen molar-refractivity contribution in [2.45, 2.75) is 407 Å². The molecule has 2 aromatic rings. The van der Waals surface area contributed by atoms with Crippen molar-refractivity contribution >= 4 is 0 Å². The van der Waals surface area contributed by atoms with Crippen molar-refractivity contribution in [3.05, 3.63) is 68.8 Å². The molecule has 502 valence electrons. The first-order chi connectivity index (χ1) is 40.5. The molecule has 7 saturated carbocycles. The van der Waals surface area contributed by atoms with Crippen LogP contribution in [0, 0.1) is 91.8 Å². The Balaban J connectivity index is 0.000000342.